The fourth-order valence-electron chi connectivity index (χ4n) is 4.02. The normalized spacial score (nSPS) is 21.3. The molecule has 1 aromatic carbocycles. The van der Waals surface area contributed by atoms with Gasteiger partial charge in [-0.15, -0.1) is 13.2 Å². The maximum absolute atomic E-state index is 12.9. The Kier molecular flexibility index (Phi) is 4.75. The lowest BCUT2D eigenvalue weighted by Gasteiger charge is -2.27. The van der Waals surface area contributed by atoms with E-state index in [0.717, 1.165) is 32.5 Å². The SMILES string of the molecule is O=C(c1cc2cc(OC(F)(F)F)ccc2o1)N1CCC[C@H]1CN1CCCC1. The molecule has 5 nitrogen and oxygen atoms in total. The number of fused-ring (bicyclic) bond motifs is 1. The smallest absolute Gasteiger partial charge is 0.451 e. The van der Waals surface area contributed by atoms with Crippen LogP contribution in [0.5, 0.6) is 5.75 Å². The third-order valence-corrected chi connectivity index (χ3v) is 5.24. The zero-order valence-corrected chi connectivity index (χ0v) is 14.8. The lowest BCUT2D eigenvalue weighted by Crippen LogP contribution is -2.42. The molecule has 0 saturated carbocycles. The summed E-state index contributed by atoms with van der Waals surface area (Å²) < 4.78 is 46.7. The van der Waals surface area contributed by atoms with Gasteiger partial charge in [-0.3, -0.25) is 4.79 Å². The summed E-state index contributed by atoms with van der Waals surface area (Å²) in [5.41, 5.74) is 0.364. The van der Waals surface area contributed by atoms with Crippen LogP contribution >= 0.6 is 0 Å². The molecule has 2 aromatic rings. The van der Waals surface area contributed by atoms with Gasteiger partial charge >= 0.3 is 6.36 Å². The molecule has 0 bridgehead atoms. The van der Waals surface area contributed by atoms with Crippen LogP contribution in [0.1, 0.15) is 36.2 Å². The average Bonchev–Trinajstić information content (AvgIpc) is 3.32. The van der Waals surface area contributed by atoms with Crippen LogP contribution in [-0.2, 0) is 0 Å². The Balaban J connectivity index is 1.51. The highest BCUT2D eigenvalue weighted by molar-refractivity contribution is 5.96. The summed E-state index contributed by atoms with van der Waals surface area (Å²) >= 11 is 0. The van der Waals surface area contributed by atoms with Crippen LogP contribution in [0.15, 0.2) is 28.7 Å². The van der Waals surface area contributed by atoms with Crippen molar-refractivity contribution in [2.45, 2.75) is 38.1 Å². The Morgan fingerprint density at radius 3 is 2.67 bits per heavy atom. The van der Waals surface area contributed by atoms with Crippen molar-refractivity contribution in [2.75, 3.05) is 26.2 Å². The van der Waals surface area contributed by atoms with E-state index in [1.807, 2.05) is 4.90 Å². The lowest BCUT2D eigenvalue weighted by atomic mass is 10.2. The minimum atomic E-state index is -4.76. The van der Waals surface area contributed by atoms with Crippen molar-refractivity contribution >= 4 is 16.9 Å². The van der Waals surface area contributed by atoms with E-state index in [4.69, 9.17) is 4.42 Å². The van der Waals surface area contributed by atoms with Gasteiger partial charge in [0.25, 0.3) is 5.91 Å². The van der Waals surface area contributed by atoms with E-state index in [9.17, 15) is 18.0 Å². The number of furan rings is 1. The molecule has 1 aromatic heterocycles. The number of halogens is 3. The first-order chi connectivity index (χ1) is 12.9. The summed E-state index contributed by atoms with van der Waals surface area (Å²) in [6.07, 6.45) is -0.437. The van der Waals surface area contributed by atoms with E-state index >= 15 is 0 Å². The summed E-state index contributed by atoms with van der Waals surface area (Å²) in [4.78, 5) is 17.1. The van der Waals surface area contributed by atoms with Gasteiger partial charge in [0, 0.05) is 24.5 Å². The van der Waals surface area contributed by atoms with Gasteiger partial charge in [0.2, 0.25) is 0 Å². The number of hydrogen-bond donors (Lipinski definition) is 0. The van der Waals surface area contributed by atoms with Gasteiger partial charge in [-0.05, 0) is 63.0 Å². The summed E-state index contributed by atoms with van der Waals surface area (Å²) in [6.45, 7) is 3.70. The number of amides is 1. The molecule has 0 aliphatic carbocycles. The number of hydrogen-bond acceptors (Lipinski definition) is 4. The molecule has 4 rings (SSSR count). The molecule has 1 amide bonds. The molecule has 1 atom stereocenters. The highest BCUT2D eigenvalue weighted by atomic mass is 19.4. The quantitative estimate of drug-likeness (QED) is 0.801. The molecule has 0 spiro atoms. The van der Waals surface area contributed by atoms with Gasteiger partial charge in [-0.1, -0.05) is 0 Å². The number of nitrogens with zero attached hydrogens (tertiary/aromatic N) is 2. The molecule has 2 saturated heterocycles. The Morgan fingerprint density at radius 1 is 1.15 bits per heavy atom. The number of carbonyl (C=O) groups is 1. The van der Waals surface area contributed by atoms with E-state index in [0.29, 0.717) is 17.5 Å². The van der Waals surface area contributed by atoms with Gasteiger partial charge in [-0.25, -0.2) is 0 Å². The van der Waals surface area contributed by atoms with E-state index in [1.165, 1.54) is 37.1 Å². The molecule has 0 unspecified atom stereocenters. The zero-order chi connectivity index (χ0) is 19.0. The predicted molar refractivity (Wildman–Crippen MR) is 92.6 cm³/mol. The largest absolute Gasteiger partial charge is 0.573 e. The van der Waals surface area contributed by atoms with E-state index < -0.39 is 6.36 Å². The van der Waals surface area contributed by atoms with Crippen molar-refractivity contribution in [3.05, 3.63) is 30.0 Å². The Morgan fingerprint density at radius 2 is 1.93 bits per heavy atom. The molecular formula is C19H21F3N2O3. The highest BCUT2D eigenvalue weighted by Gasteiger charge is 2.33. The minimum absolute atomic E-state index is 0.155. The van der Waals surface area contributed by atoms with Gasteiger partial charge < -0.3 is 19.0 Å². The number of rotatable bonds is 4. The number of carbonyl (C=O) groups excluding carboxylic acids is 1. The molecule has 0 N–H and O–H groups in total. The van der Waals surface area contributed by atoms with Crippen LogP contribution in [0.25, 0.3) is 11.0 Å². The molecule has 2 aliphatic heterocycles. The molecule has 146 valence electrons. The van der Waals surface area contributed by atoms with Crippen LogP contribution in [0.3, 0.4) is 0 Å². The molecule has 3 heterocycles. The first-order valence-corrected chi connectivity index (χ1v) is 9.22. The Hall–Kier alpha value is -2.22. The zero-order valence-electron chi connectivity index (χ0n) is 14.8. The number of likely N-dealkylation sites (tertiary alicyclic amines) is 2. The topological polar surface area (TPSA) is 45.9 Å². The summed E-state index contributed by atoms with van der Waals surface area (Å²) in [7, 11) is 0. The fourth-order valence-corrected chi connectivity index (χ4v) is 4.02. The monoisotopic (exact) mass is 382 g/mol. The van der Waals surface area contributed by atoms with Gasteiger partial charge in [0.05, 0.1) is 0 Å². The van der Waals surface area contributed by atoms with Crippen molar-refractivity contribution < 1.29 is 27.1 Å². The van der Waals surface area contributed by atoms with E-state index in [-0.39, 0.29) is 23.5 Å². The second-order valence-electron chi connectivity index (χ2n) is 7.16. The van der Waals surface area contributed by atoms with Gasteiger partial charge in [0.15, 0.2) is 5.76 Å². The summed E-state index contributed by atoms with van der Waals surface area (Å²) in [5, 5.41) is 0.412. The van der Waals surface area contributed by atoms with Crippen molar-refractivity contribution in [3.8, 4) is 5.75 Å². The van der Waals surface area contributed by atoms with Crippen molar-refractivity contribution in [1.29, 1.82) is 0 Å². The first kappa shape index (κ1) is 18.2. The fraction of sp³-hybridized carbons (Fsp3) is 0.526. The van der Waals surface area contributed by atoms with Crippen molar-refractivity contribution in [2.24, 2.45) is 0 Å². The van der Waals surface area contributed by atoms with Crippen molar-refractivity contribution in [3.63, 3.8) is 0 Å². The van der Waals surface area contributed by atoms with Crippen LogP contribution < -0.4 is 4.74 Å². The average molecular weight is 382 g/mol. The second-order valence-corrected chi connectivity index (χ2v) is 7.16. The maximum atomic E-state index is 12.9. The maximum Gasteiger partial charge on any atom is 0.573 e. The predicted octanol–water partition coefficient (Wildman–Crippen LogP) is 4.03. The third kappa shape index (κ3) is 4.05. The van der Waals surface area contributed by atoms with Gasteiger partial charge in [0.1, 0.15) is 11.3 Å². The number of ether oxygens (including phenoxy) is 1. The molecule has 2 aliphatic rings. The molecule has 27 heavy (non-hydrogen) atoms. The Labute approximate surface area is 154 Å². The van der Waals surface area contributed by atoms with Gasteiger partial charge in [-0.2, -0.15) is 0 Å². The third-order valence-electron chi connectivity index (χ3n) is 5.24. The van der Waals surface area contributed by atoms with Crippen LogP contribution in [0.4, 0.5) is 13.2 Å². The van der Waals surface area contributed by atoms with Crippen molar-refractivity contribution in [1.82, 2.24) is 9.80 Å². The standard InChI is InChI=1S/C19H21F3N2O3/c20-19(21,22)27-15-5-6-16-13(10-15)11-17(26-16)18(25)24-9-3-4-14(24)12-23-7-1-2-8-23/h5-6,10-11,14H,1-4,7-9,12H2/t14-/m0/s1. The molecule has 0 radical (unpaired) electrons. The second kappa shape index (κ2) is 7.07. The number of alkyl halides is 3. The highest BCUT2D eigenvalue weighted by Crippen LogP contribution is 2.30. The number of benzene rings is 1. The van der Waals surface area contributed by atoms with E-state index in [1.54, 1.807) is 0 Å². The van der Waals surface area contributed by atoms with E-state index in [2.05, 4.69) is 9.64 Å². The minimum Gasteiger partial charge on any atom is -0.451 e. The van der Waals surface area contributed by atoms with Crippen LogP contribution in [-0.4, -0.2) is 54.3 Å². The first-order valence-electron chi connectivity index (χ1n) is 9.22. The van der Waals surface area contributed by atoms with Crippen LogP contribution in [0, 0.1) is 0 Å². The molecular weight excluding hydrogens is 361 g/mol. The van der Waals surface area contributed by atoms with Crippen LogP contribution in [0.2, 0.25) is 0 Å². The molecule has 8 heteroatoms. The Bertz CT molecular complexity index is 827. The lowest BCUT2D eigenvalue weighted by molar-refractivity contribution is -0.274. The summed E-state index contributed by atoms with van der Waals surface area (Å²) in [5.74, 6) is -0.378. The summed E-state index contributed by atoms with van der Waals surface area (Å²) in [6, 6.07) is 5.45. The molecule has 2 fully saturated rings.